The van der Waals surface area contributed by atoms with Crippen molar-refractivity contribution in [2.45, 2.75) is 56.3 Å². The summed E-state index contributed by atoms with van der Waals surface area (Å²) in [4.78, 5) is 18.3. The van der Waals surface area contributed by atoms with E-state index in [0.29, 0.717) is 40.6 Å². The molecule has 0 spiro atoms. The predicted octanol–water partition coefficient (Wildman–Crippen LogP) is 5.94. The van der Waals surface area contributed by atoms with Crippen molar-refractivity contribution in [3.05, 3.63) is 59.3 Å². The minimum absolute atomic E-state index is 0.00574. The molecule has 3 fully saturated rings. The van der Waals surface area contributed by atoms with Crippen molar-refractivity contribution in [2.75, 3.05) is 36.9 Å². The molecule has 0 saturated carbocycles. The number of pyridine rings is 1. The van der Waals surface area contributed by atoms with Crippen LogP contribution in [0.3, 0.4) is 0 Å². The second-order valence-electron chi connectivity index (χ2n) is 12.4. The summed E-state index contributed by atoms with van der Waals surface area (Å²) in [5, 5.41) is 1.37. The van der Waals surface area contributed by atoms with Crippen LogP contribution in [0.5, 0.6) is 6.01 Å². The fraction of sp³-hybridized carbons (Fsp3) is 0.382. The minimum Gasteiger partial charge on any atom is -0.461 e. The van der Waals surface area contributed by atoms with Crippen LogP contribution < -0.4 is 15.4 Å². The van der Waals surface area contributed by atoms with Gasteiger partial charge in [0.25, 0.3) is 0 Å². The molecule has 2 aromatic heterocycles. The molecule has 2 N–H and O–H groups in total. The second-order valence-corrected chi connectivity index (χ2v) is 12.4. The van der Waals surface area contributed by atoms with Gasteiger partial charge in [-0.25, -0.2) is 13.2 Å². The quantitative estimate of drug-likeness (QED) is 0.174. The molecule has 0 amide bonds. The lowest BCUT2D eigenvalue weighted by Gasteiger charge is -2.31. The molecule has 5 heterocycles. The first-order valence-electron chi connectivity index (χ1n) is 15.2. The molecule has 4 aromatic rings. The van der Waals surface area contributed by atoms with Gasteiger partial charge in [0.15, 0.2) is 5.82 Å². The van der Waals surface area contributed by atoms with E-state index in [4.69, 9.17) is 21.9 Å². The predicted molar refractivity (Wildman–Crippen MR) is 164 cm³/mol. The molecule has 0 bridgehead atoms. The maximum absolute atomic E-state index is 16.8. The highest BCUT2D eigenvalue weighted by Crippen LogP contribution is 2.43. The first kappa shape index (κ1) is 27.2. The zero-order valence-corrected chi connectivity index (χ0v) is 24.1. The molecule has 44 heavy (non-hydrogen) atoms. The van der Waals surface area contributed by atoms with Gasteiger partial charge < -0.3 is 15.4 Å². The lowest BCUT2D eigenvalue weighted by atomic mass is 9.95. The molecule has 4 aliphatic rings. The van der Waals surface area contributed by atoms with Crippen LogP contribution in [-0.4, -0.2) is 63.8 Å². The number of fused-ring (bicyclic) bond motifs is 4. The molecule has 8 rings (SSSR count). The van der Waals surface area contributed by atoms with E-state index in [1.807, 2.05) is 0 Å². The average Bonchev–Trinajstić information content (AvgIpc) is 3.62. The Labute approximate surface area is 252 Å². The van der Waals surface area contributed by atoms with Gasteiger partial charge in [-0.3, -0.25) is 9.88 Å². The van der Waals surface area contributed by atoms with Crippen LogP contribution >= 0.6 is 0 Å². The van der Waals surface area contributed by atoms with Crippen molar-refractivity contribution >= 4 is 33.2 Å². The van der Waals surface area contributed by atoms with E-state index in [1.54, 1.807) is 24.4 Å². The van der Waals surface area contributed by atoms with E-state index < -0.39 is 23.3 Å². The van der Waals surface area contributed by atoms with Crippen molar-refractivity contribution in [2.24, 2.45) is 0 Å². The Morgan fingerprint density at radius 2 is 2.02 bits per heavy atom. The average molecular weight is 597 g/mol. The van der Waals surface area contributed by atoms with Gasteiger partial charge >= 0.3 is 6.01 Å². The summed E-state index contributed by atoms with van der Waals surface area (Å²) in [6.45, 7) is 2.19. The van der Waals surface area contributed by atoms with Crippen LogP contribution in [0.15, 0.2) is 42.1 Å². The molecule has 3 atom stereocenters. The number of nitrogens with zero attached hydrogens (tertiary/aromatic N) is 5. The summed E-state index contributed by atoms with van der Waals surface area (Å²) in [5.41, 5.74) is 7.75. The van der Waals surface area contributed by atoms with Gasteiger partial charge in [-0.15, -0.1) is 6.42 Å². The van der Waals surface area contributed by atoms with E-state index in [0.717, 1.165) is 45.2 Å². The van der Waals surface area contributed by atoms with Crippen LogP contribution in [0.2, 0.25) is 0 Å². The number of nitrogens with two attached hydrogens (primary N) is 1. The standard InChI is InChI=1S/C34H31F3N6O/c1-2-23-26(36)8-7-20-12-22(38)14-24(28(20)23)30-29(37)31-25(16-39-30)32(43-11-4-3-6-19-13-27(19)43)41-33(40-31)44-18-34-9-5-10-42(34)17-21(35)15-34/h1,7-8,12-14,16,21,27H,3-6,9-11,15,17-18,38H2/t21-,27?,34?/m1/s1. The van der Waals surface area contributed by atoms with E-state index in [1.165, 1.54) is 11.6 Å². The van der Waals surface area contributed by atoms with E-state index >= 15 is 4.39 Å². The fourth-order valence-electron chi connectivity index (χ4n) is 7.60. The van der Waals surface area contributed by atoms with Crippen LogP contribution in [0.4, 0.5) is 24.7 Å². The van der Waals surface area contributed by atoms with Crippen molar-refractivity contribution in [1.82, 2.24) is 19.9 Å². The molecule has 3 aliphatic heterocycles. The van der Waals surface area contributed by atoms with Crippen LogP contribution in [0.1, 0.15) is 44.1 Å². The van der Waals surface area contributed by atoms with E-state index in [9.17, 15) is 8.78 Å². The van der Waals surface area contributed by atoms with E-state index in [2.05, 4.69) is 31.8 Å². The normalized spacial score (nSPS) is 24.6. The number of benzene rings is 2. The number of rotatable bonds is 5. The van der Waals surface area contributed by atoms with Gasteiger partial charge in [-0.2, -0.15) is 9.97 Å². The largest absolute Gasteiger partial charge is 0.461 e. The number of anilines is 2. The summed E-state index contributed by atoms with van der Waals surface area (Å²) >= 11 is 0. The number of hydrogen-bond donors (Lipinski definition) is 1. The molecule has 3 saturated heterocycles. The van der Waals surface area contributed by atoms with Crippen molar-refractivity contribution < 1.29 is 17.9 Å². The van der Waals surface area contributed by atoms with Crippen LogP contribution in [0.25, 0.3) is 32.9 Å². The summed E-state index contributed by atoms with van der Waals surface area (Å²) in [7, 11) is 0. The number of ether oxygens (including phenoxy) is 1. The molecule has 7 nitrogen and oxygen atoms in total. The van der Waals surface area contributed by atoms with Crippen LogP contribution in [0, 0.1) is 24.0 Å². The summed E-state index contributed by atoms with van der Waals surface area (Å²) in [6.07, 6.45) is 13.8. The third-order valence-corrected chi connectivity index (χ3v) is 9.73. The summed E-state index contributed by atoms with van der Waals surface area (Å²) < 4.78 is 52.3. The van der Waals surface area contributed by atoms with Crippen LogP contribution in [-0.2, 0) is 0 Å². The number of halogens is 3. The Bertz CT molecular complexity index is 1920. The summed E-state index contributed by atoms with van der Waals surface area (Å²) in [5.74, 6) is 1.65. The van der Waals surface area contributed by atoms with Gasteiger partial charge in [0, 0.05) is 42.3 Å². The number of nitrogen functional groups attached to an aromatic ring is 1. The topological polar surface area (TPSA) is 80.4 Å². The van der Waals surface area contributed by atoms with E-state index in [-0.39, 0.29) is 41.0 Å². The zero-order chi connectivity index (χ0) is 30.2. The second kappa shape index (κ2) is 10.1. The molecular formula is C34H31F3N6O. The number of terminal acetylenes is 1. The van der Waals surface area contributed by atoms with Crippen molar-refractivity contribution in [1.29, 1.82) is 0 Å². The molecule has 2 aromatic carbocycles. The van der Waals surface area contributed by atoms with Gasteiger partial charge in [-0.05, 0) is 67.8 Å². The Kier molecular flexibility index (Phi) is 6.24. The Morgan fingerprint density at radius 3 is 2.89 bits per heavy atom. The van der Waals surface area contributed by atoms with Gasteiger partial charge in [0.05, 0.1) is 22.5 Å². The monoisotopic (exact) mass is 596 g/mol. The number of aromatic nitrogens is 3. The molecule has 10 heteroatoms. The third-order valence-electron chi connectivity index (χ3n) is 9.73. The molecule has 224 valence electrons. The number of alkyl halides is 1. The van der Waals surface area contributed by atoms with Gasteiger partial charge in [-0.1, -0.05) is 18.1 Å². The fourth-order valence-corrected chi connectivity index (χ4v) is 7.60. The third kappa shape index (κ3) is 4.28. The van der Waals surface area contributed by atoms with Gasteiger partial charge in [0.2, 0.25) is 0 Å². The molecule has 2 unspecified atom stereocenters. The Morgan fingerprint density at radius 1 is 1.14 bits per heavy atom. The SMILES string of the molecule is C#Cc1c(F)ccc2cc(N)cc(-c3ncc4c(N5CCCCC6=CC65)nc(OCC56CCCN5C[C@H](F)C6)nc4c3F)c12. The molecule has 1 aliphatic carbocycles. The highest BCUT2D eigenvalue weighted by atomic mass is 19.1. The minimum atomic E-state index is -0.902. The van der Waals surface area contributed by atoms with Crippen molar-refractivity contribution in [3.8, 4) is 29.6 Å². The maximum Gasteiger partial charge on any atom is 0.319 e. The Balaban J connectivity index is 1.28. The van der Waals surface area contributed by atoms with Crippen molar-refractivity contribution in [3.63, 3.8) is 0 Å². The summed E-state index contributed by atoms with van der Waals surface area (Å²) in [6, 6.07) is 6.21. The lowest BCUT2D eigenvalue weighted by molar-refractivity contribution is 0.107. The highest BCUT2D eigenvalue weighted by Gasteiger charge is 2.49. The zero-order valence-electron chi connectivity index (χ0n) is 24.1. The maximum atomic E-state index is 16.8. The molecule has 0 radical (unpaired) electrons. The number of hydrogen-bond acceptors (Lipinski definition) is 7. The van der Waals surface area contributed by atoms with Gasteiger partial charge in [0.1, 0.15) is 35.6 Å². The molecular weight excluding hydrogens is 565 g/mol. The lowest BCUT2D eigenvalue weighted by Crippen LogP contribution is -2.43. The smallest absolute Gasteiger partial charge is 0.319 e. The first-order valence-corrected chi connectivity index (χ1v) is 15.2. The Hall–Kier alpha value is -4.36. The highest BCUT2D eigenvalue weighted by molar-refractivity contribution is 6.03. The first-order chi connectivity index (χ1) is 21.3.